The van der Waals surface area contributed by atoms with Gasteiger partial charge in [0.1, 0.15) is 6.04 Å². The number of nitrogens with zero attached hydrogens (tertiary/aromatic N) is 1. The number of piperidine rings is 1. The van der Waals surface area contributed by atoms with E-state index >= 15 is 0 Å². The summed E-state index contributed by atoms with van der Waals surface area (Å²) in [5, 5.41) is 4.79. The largest absolute Gasteiger partial charge is 0.329 e. The van der Waals surface area contributed by atoms with Crippen LogP contribution in [0.2, 0.25) is 0 Å². The summed E-state index contributed by atoms with van der Waals surface area (Å²) in [6, 6.07) is 3.47. The molecule has 0 bridgehead atoms. The molecule has 0 radical (unpaired) electrons. The molecule has 3 rings (SSSR count). The predicted octanol–water partition coefficient (Wildman–Crippen LogP) is 0.0112. The molecular formula is C18H20N4O5. The maximum atomic E-state index is 12.9. The lowest BCUT2D eigenvalue weighted by Crippen LogP contribution is -2.54. The molecule has 2 aliphatic heterocycles. The van der Waals surface area contributed by atoms with Crippen molar-refractivity contribution in [1.29, 1.82) is 0 Å². The number of rotatable bonds is 4. The van der Waals surface area contributed by atoms with Gasteiger partial charge in [-0.25, -0.2) is 0 Å². The van der Waals surface area contributed by atoms with Crippen LogP contribution in [0.25, 0.3) is 0 Å². The predicted molar refractivity (Wildman–Crippen MR) is 94.6 cm³/mol. The summed E-state index contributed by atoms with van der Waals surface area (Å²) >= 11 is 0. The van der Waals surface area contributed by atoms with E-state index in [4.69, 9.17) is 5.73 Å². The van der Waals surface area contributed by atoms with Crippen LogP contribution in [0.5, 0.6) is 0 Å². The highest BCUT2D eigenvalue weighted by molar-refractivity contribution is 6.26. The Morgan fingerprint density at radius 1 is 1.26 bits per heavy atom. The first-order valence-corrected chi connectivity index (χ1v) is 8.53. The van der Waals surface area contributed by atoms with Crippen molar-refractivity contribution in [3.05, 3.63) is 29.3 Å². The quantitative estimate of drug-likeness (QED) is 0.637. The molecule has 0 aromatic heterocycles. The van der Waals surface area contributed by atoms with Crippen LogP contribution in [-0.4, -0.2) is 47.0 Å². The molecule has 9 nitrogen and oxygen atoms in total. The fourth-order valence-corrected chi connectivity index (χ4v) is 3.00. The molecule has 0 saturated carbocycles. The van der Waals surface area contributed by atoms with E-state index in [-0.39, 0.29) is 36.2 Å². The Hall–Kier alpha value is -3.07. The zero-order valence-corrected chi connectivity index (χ0v) is 15.0. The summed E-state index contributed by atoms with van der Waals surface area (Å²) in [6.45, 7) is 3.42. The molecule has 27 heavy (non-hydrogen) atoms. The number of fused-ring (bicyclic) bond motifs is 1. The van der Waals surface area contributed by atoms with Crippen LogP contribution in [0, 0.1) is 5.41 Å². The SMILES string of the molecule is CC(C)(CN)C(=O)Nc1cccc2c1C(=O)N(C1CCC(=O)NC1=O)C2=O. The Morgan fingerprint density at radius 3 is 2.59 bits per heavy atom. The second kappa shape index (κ2) is 6.58. The average Bonchev–Trinajstić information content (AvgIpc) is 2.87. The molecule has 4 N–H and O–H groups in total. The van der Waals surface area contributed by atoms with Gasteiger partial charge in [-0.15, -0.1) is 0 Å². The highest BCUT2D eigenvalue weighted by atomic mass is 16.2. The number of benzene rings is 1. The van der Waals surface area contributed by atoms with E-state index in [1.165, 1.54) is 12.1 Å². The highest BCUT2D eigenvalue weighted by Gasteiger charge is 2.45. The first kappa shape index (κ1) is 18.7. The lowest BCUT2D eigenvalue weighted by Gasteiger charge is -2.28. The van der Waals surface area contributed by atoms with E-state index in [1.807, 2.05) is 0 Å². The van der Waals surface area contributed by atoms with Crippen molar-refractivity contribution in [2.75, 3.05) is 11.9 Å². The first-order valence-electron chi connectivity index (χ1n) is 8.53. The molecule has 1 atom stereocenters. The number of carbonyl (C=O) groups excluding carboxylic acids is 5. The molecule has 2 aliphatic rings. The van der Waals surface area contributed by atoms with Crippen molar-refractivity contribution in [3.8, 4) is 0 Å². The smallest absolute Gasteiger partial charge is 0.264 e. The third-order valence-electron chi connectivity index (χ3n) is 4.84. The van der Waals surface area contributed by atoms with Gasteiger partial charge in [-0.05, 0) is 32.4 Å². The Balaban J connectivity index is 1.94. The van der Waals surface area contributed by atoms with E-state index in [1.54, 1.807) is 19.9 Å². The number of hydrogen-bond donors (Lipinski definition) is 3. The molecule has 5 amide bonds. The zero-order valence-electron chi connectivity index (χ0n) is 15.0. The number of anilines is 1. The first-order chi connectivity index (χ1) is 12.7. The Kier molecular flexibility index (Phi) is 4.56. The lowest BCUT2D eigenvalue weighted by atomic mass is 9.92. The van der Waals surface area contributed by atoms with Gasteiger partial charge in [0, 0.05) is 13.0 Å². The average molecular weight is 372 g/mol. The number of hydrogen-bond acceptors (Lipinski definition) is 6. The topological polar surface area (TPSA) is 139 Å². The standard InChI is InChI=1S/C18H20N4O5/c1-18(2,8-19)17(27)20-10-5-3-4-9-13(10)16(26)22(15(9)25)11-6-7-12(23)21-14(11)24/h3-5,11H,6-8,19H2,1-2H3,(H,20,27)(H,21,23,24). The summed E-state index contributed by atoms with van der Waals surface area (Å²) in [5.41, 5.74) is 5.07. The fraction of sp³-hybridized carbons (Fsp3) is 0.389. The molecule has 142 valence electrons. The minimum atomic E-state index is -1.06. The number of amides is 5. The second-order valence-corrected chi connectivity index (χ2v) is 7.22. The Morgan fingerprint density at radius 2 is 1.96 bits per heavy atom. The third kappa shape index (κ3) is 3.10. The molecule has 2 heterocycles. The van der Waals surface area contributed by atoms with Crippen LogP contribution >= 0.6 is 0 Å². The van der Waals surface area contributed by atoms with E-state index in [0.29, 0.717) is 0 Å². The van der Waals surface area contributed by atoms with Crippen LogP contribution < -0.4 is 16.4 Å². The van der Waals surface area contributed by atoms with Gasteiger partial charge in [0.05, 0.1) is 22.2 Å². The van der Waals surface area contributed by atoms with E-state index in [0.717, 1.165) is 4.90 Å². The van der Waals surface area contributed by atoms with Gasteiger partial charge in [0.25, 0.3) is 11.8 Å². The van der Waals surface area contributed by atoms with E-state index < -0.39 is 41.0 Å². The van der Waals surface area contributed by atoms with Gasteiger partial charge in [0.2, 0.25) is 17.7 Å². The van der Waals surface area contributed by atoms with Crippen LogP contribution in [0.1, 0.15) is 47.4 Å². The van der Waals surface area contributed by atoms with Crippen LogP contribution in [-0.2, 0) is 14.4 Å². The molecular weight excluding hydrogens is 352 g/mol. The van der Waals surface area contributed by atoms with E-state index in [9.17, 15) is 24.0 Å². The third-order valence-corrected chi connectivity index (χ3v) is 4.84. The van der Waals surface area contributed by atoms with Gasteiger partial charge in [0.15, 0.2) is 0 Å². The number of imide groups is 2. The Labute approximate surface area is 155 Å². The van der Waals surface area contributed by atoms with Crippen molar-refractivity contribution in [2.45, 2.75) is 32.7 Å². The highest BCUT2D eigenvalue weighted by Crippen LogP contribution is 2.33. The van der Waals surface area contributed by atoms with Crippen LogP contribution in [0.15, 0.2) is 18.2 Å². The summed E-state index contributed by atoms with van der Waals surface area (Å²) in [4.78, 5) is 62.4. The normalized spacial score (nSPS) is 19.8. The number of nitrogens with one attached hydrogen (secondary N) is 2. The molecule has 9 heteroatoms. The van der Waals surface area contributed by atoms with Crippen molar-refractivity contribution in [1.82, 2.24) is 10.2 Å². The molecule has 0 aliphatic carbocycles. The molecule has 1 saturated heterocycles. The van der Waals surface area contributed by atoms with Crippen molar-refractivity contribution in [3.63, 3.8) is 0 Å². The Bertz CT molecular complexity index is 877. The van der Waals surface area contributed by atoms with Gasteiger partial charge < -0.3 is 11.1 Å². The van der Waals surface area contributed by atoms with Crippen molar-refractivity contribution >= 4 is 35.2 Å². The van der Waals surface area contributed by atoms with Gasteiger partial charge in [-0.3, -0.25) is 34.2 Å². The minimum Gasteiger partial charge on any atom is -0.329 e. The van der Waals surface area contributed by atoms with Crippen molar-refractivity contribution in [2.24, 2.45) is 11.1 Å². The van der Waals surface area contributed by atoms with Crippen molar-refractivity contribution < 1.29 is 24.0 Å². The zero-order chi connectivity index (χ0) is 19.9. The summed E-state index contributed by atoms with van der Waals surface area (Å²) in [6.07, 6.45) is 0.107. The molecule has 0 spiro atoms. The molecule has 1 aromatic rings. The number of nitrogens with two attached hydrogens (primary N) is 1. The van der Waals surface area contributed by atoms with Crippen LogP contribution in [0.4, 0.5) is 5.69 Å². The van der Waals surface area contributed by atoms with Crippen LogP contribution in [0.3, 0.4) is 0 Å². The minimum absolute atomic E-state index is 0.0355. The summed E-state index contributed by atoms with van der Waals surface area (Å²) in [5.74, 6) is -2.82. The fourth-order valence-electron chi connectivity index (χ4n) is 3.00. The number of carbonyl (C=O) groups is 5. The maximum absolute atomic E-state index is 12.9. The van der Waals surface area contributed by atoms with Gasteiger partial charge >= 0.3 is 0 Å². The molecule has 1 fully saturated rings. The monoisotopic (exact) mass is 372 g/mol. The summed E-state index contributed by atoms with van der Waals surface area (Å²) < 4.78 is 0. The maximum Gasteiger partial charge on any atom is 0.264 e. The molecule has 1 aromatic carbocycles. The second-order valence-electron chi connectivity index (χ2n) is 7.22. The molecule has 1 unspecified atom stereocenters. The van der Waals surface area contributed by atoms with Gasteiger partial charge in [-0.2, -0.15) is 0 Å². The summed E-state index contributed by atoms with van der Waals surface area (Å²) in [7, 11) is 0. The van der Waals surface area contributed by atoms with Gasteiger partial charge in [-0.1, -0.05) is 6.07 Å². The van der Waals surface area contributed by atoms with E-state index in [2.05, 4.69) is 10.6 Å². The lowest BCUT2D eigenvalue weighted by molar-refractivity contribution is -0.136.